The monoisotopic (exact) mass is 373 g/mol. The number of hydroxylamine groups is 1. The van der Waals surface area contributed by atoms with Gasteiger partial charge in [-0.05, 0) is 47.7 Å². The summed E-state index contributed by atoms with van der Waals surface area (Å²) < 4.78 is 21.8. The Balaban J connectivity index is 2.43. The predicted octanol–water partition coefficient (Wildman–Crippen LogP) is 2.71. The lowest BCUT2D eigenvalue weighted by atomic mass is 9.95. The fourth-order valence-corrected chi connectivity index (χ4v) is 3.60. The lowest BCUT2D eigenvalue weighted by molar-refractivity contribution is 0.122. The zero-order valence-electron chi connectivity index (χ0n) is 15.8. The first-order valence-electron chi connectivity index (χ1n) is 8.53. The van der Waals surface area contributed by atoms with Crippen molar-refractivity contribution in [2.45, 2.75) is 18.9 Å². The van der Waals surface area contributed by atoms with Gasteiger partial charge in [0, 0.05) is 5.56 Å². The number of fused-ring (bicyclic) bond motifs is 3. The van der Waals surface area contributed by atoms with Gasteiger partial charge in [0.2, 0.25) is 11.2 Å². The Bertz CT molecular complexity index is 912. The van der Waals surface area contributed by atoms with E-state index in [0.717, 1.165) is 16.7 Å². The van der Waals surface area contributed by atoms with Gasteiger partial charge in [-0.15, -0.1) is 0 Å². The number of rotatable bonds is 5. The molecule has 7 heteroatoms. The molecule has 0 unspecified atom stereocenters. The van der Waals surface area contributed by atoms with Crippen LogP contribution in [-0.4, -0.2) is 33.6 Å². The molecule has 0 spiro atoms. The minimum absolute atomic E-state index is 0.223. The van der Waals surface area contributed by atoms with Crippen molar-refractivity contribution in [3.63, 3.8) is 0 Å². The maximum atomic E-state index is 12.5. The van der Waals surface area contributed by atoms with E-state index in [1.807, 2.05) is 6.07 Å². The van der Waals surface area contributed by atoms with Crippen LogP contribution in [0.3, 0.4) is 0 Å². The van der Waals surface area contributed by atoms with Crippen LogP contribution in [0.2, 0.25) is 0 Å². The van der Waals surface area contributed by atoms with Crippen LogP contribution in [-0.2, 0) is 6.42 Å². The summed E-state index contributed by atoms with van der Waals surface area (Å²) in [5.74, 6) is 1.78. The molecule has 0 heterocycles. The molecule has 0 bridgehead atoms. The summed E-state index contributed by atoms with van der Waals surface area (Å²) in [5.41, 5.74) is 5.26. The number of ether oxygens (including phenoxy) is 4. The first kappa shape index (κ1) is 19.0. The summed E-state index contributed by atoms with van der Waals surface area (Å²) in [6.07, 6.45) is 1.23. The summed E-state index contributed by atoms with van der Waals surface area (Å²) in [5, 5.41) is 9.70. The van der Waals surface area contributed by atoms with Gasteiger partial charge in [0.15, 0.2) is 17.2 Å². The van der Waals surface area contributed by atoms with Gasteiger partial charge in [0.1, 0.15) is 0 Å². The van der Waals surface area contributed by atoms with E-state index in [4.69, 9.17) is 18.9 Å². The average Bonchev–Trinajstić information content (AvgIpc) is 2.94. The lowest BCUT2D eigenvalue weighted by Crippen LogP contribution is -2.18. The van der Waals surface area contributed by atoms with Crippen LogP contribution in [0.4, 0.5) is 0 Å². The SMILES string of the molecule is COc1cc2c(c(OC)c1OC)-c1ccc(OC)c(=O)cc1[C@H](NO)CC2. The molecule has 2 N–H and O–H groups in total. The van der Waals surface area contributed by atoms with E-state index in [9.17, 15) is 10.0 Å². The van der Waals surface area contributed by atoms with E-state index in [1.54, 1.807) is 33.5 Å². The van der Waals surface area contributed by atoms with Crippen molar-refractivity contribution in [1.29, 1.82) is 0 Å². The summed E-state index contributed by atoms with van der Waals surface area (Å²) in [4.78, 5) is 12.5. The molecule has 0 aromatic heterocycles. The van der Waals surface area contributed by atoms with E-state index in [1.165, 1.54) is 13.2 Å². The van der Waals surface area contributed by atoms with Crippen LogP contribution in [0.1, 0.15) is 23.6 Å². The molecule has 1 atom stereocenters. The largest absolute Gasteiger partial charge is 0.493 e. The zero-order valence-corrected chi connectivity index (χ0v) is 15.8. The van der Waals surface area contributed by atoms with Gasteiger partial charge in [0.05, 0.1) is 34.5 Å². The first-order valence-corrected chi connectivity index (χ1v) is 8.53. The molecular formula is C20H23NO6. The average molecular weight is 373 g/mol. The quantitative estimate of drug-likeness (QED) is 0.779. The van der Waals surface area contributed by atoms with Crippen LogP contribution in [0, 0.1) is 0 Å². The second-order valence-corrected chi connectivity index (χ2v) is 6.18. The van der Waals surface area contributed by atoms with Gasteiger partial charge in [-0.25, -0.2) is 0 Å². The number of hydrogen-bond donors (Lipinski definition) is 2. The molecule has 0 aliphatic heterocycles. The molecule has 0 saturated carbocycles. The molecule has 27 heavy (non-hydrogen) atoms. The third-order valence-corrected chi connectivity index (χ3v) is 4.88. The molecule has 2 aromatic carbocycles. The number of aryl methyl sites for hydroxylation is 1. The minimum atomic E-state index is -0.418. The molecule has 7 nitrogen and oxygen atoms in total. The molecule has 1 aliphatic carbocycles. The second kappa shape index (κ2) is 7.85. The third-order valence-electron chi connectivity index (χ3n) is 4.88. The van der Waals surface area contributed by atoms with Gasteiger partial charge in [-0.2, -0.15) is 5.48 Å². The standard InChI is InChI=1S/C20H23NO6/c1-24-16-8-6-12-13(10-15(16)22)14(21-23)7-5-11-9-17(25-2)19(26-3)20(27-4)18(11)12/h6,8-10,14,21,23H,5,7H2,1-4H3/t14-/m1/s1. The Morgan fingerprint density at radius 3 is 2.26 bits per heavy atom. The van der Waals surface area contributed by atoms with E-state index >= 15 is 0 Å². The topological polar surface area (TPSA) is 86.2 Å². The van der Waals surface area contributed by atoms with Gasteiger partial charge < -0.3 is 24.2 Å². The fraction of sp³-hybridized carbons (Fsp3) is 0.350. The van der Waals surface area contributed by atoms with Crippen LogP contribution < -0.4 is 29.9 Å². The van der Waals surface area contributed by atoms with Crippen LogP contribution in [0.5, 0.6) is 23.0 Å². The molecule has 0 fully saturated rings. The minimum Gasteiger partial charge on any atom is -0.493 e. The van der Waals surface area contributed by atoms with Crippen molar-refractivity contribution in [3.05, 3.63) is 45.6 Å². The lowest BCUT2D eigenvalue weighted by Gasteiger charge is -2.19. The zero-order chi connectivity index (χ0) is 19.6. The van der Waals surface area contributed by atoms with Gasteiger partial charge in [0.25, 0.3) is 0 Å². The highest BCUT2D eigenvalue weighted by Crippen LogP contribution is 2.50. The molecule has 144 valence electrons. The van der Waals surface area contributed by atoms with E-state index in [2.05, 4.69) is 5.48 Å². The highest BCUT2D eigenvalue weighted by Gasteiger charge is 2.28. The van der Waals surface area contributed by atoms with Crippen molar-refractivity contribution in [1.82, 2.24) is 5.48 Å². The van der Waals surface area contributed by atoms with Crippen molar-refractivity contribution < 1.29 is 24.2 Å². The summed E-state index contributed by atoms with van der Waals surface area (Å²) in [6, 6.07) is 6.41. The molecule has 1 aliphatic rings. The highest BCUT2D eigenvalue weighted by molar-refractivity contribution is 5.82. The maximum absolute atomic E-state index is 12.5. The van der Waals surface area contributed by atoms with Gasteiger partial charge in [-0.3, -0.25) is 4.79 Å². The Kier molecular flexibility index (Phi) is 5.53. The maximum Gasteiger partial charge on any atom is 0.220 e. The normalized spacial score (nSPS) is 15.2. The number of hydrogen-bond acceptors (Lipinski definition) is 7. The van der Waals surface area contributed by atoms with Crippen molar-refractivity contribution in [3.8, 4) is 34.1 Å². The summed E-state index contributed by atoms with van der Waals surface area (Å²) in [7, 11) is 6.13. The predicted molar refractivity (Wildman–Crippen MR) is 100 cm³/mol. The molecule has 0 saturated heterocycles. The van der Waals surface area contributed by atoms with Crippen molar-refractivity contribution in [2.75, 3.05) is 28.4 Å². The van der Waals surface area contributed by atoms with Gasteiger partial charge in [-0.1, -0.05) is 6.07 Å². The number of benzene rings is 1. The Hall–Kier alpha value is -2.77. The van der Waals surface area contributed by atoms with E-state index in [0.29, 0.717) is 35.7 Å². The molecule has 0 amide bonds. The molecule has 3 rings (SSSR count). The summed E-state index contributed by atoms with van der Waals surface area (Å²) in [6.45, 7) is 0. The number of methoxy groups -OCH3 is 4. The highest BCUT2D eigenvalue weighted by atomic mass is 16.5. The van der Waals surface area contributed by atoms with Crippen molar-refractivity contribution in [2.24, 2.45) is 0 Å². The first-order chi connectivity index (χ1) is 13.1. The molecule has 2 aromatic rings. The van der Waals surface area contributed by atoms with Crippen LogP contribution in [0.25, 0.3) is 11.1 Å². The molecule has 0 radical (unpaired) electrons. The Labute approximate surface area is 157 Å². The second-order valence-electron chi connectivity index (χ2n) is 6.18. The fourth-order valence-electron chi connectivity index (χ4n) is 3.60. The Morgan fingerprint density at radius 2 is 1.67 bits per heavy atom. The van der Waals surface area contributed by atoms with Crippen LogP contribution >= 0.6 is 0 Å². The van der Waals surface area contributed by atoms with Crippen LogP contribution in [0.15, 0.2) is 29.1 Å². The van der Waals surface area contributed by atoms with Gasteiger partial charge >= 0.3 is 0 Å². The Morgan fingerprint density at radius 1 is 0.963 bits per heavy atom. The smallest absolute Gasteiger partial charge is 0.220 e. The number of nitrogens with one attached hydrogen (secondary N) is 1. The van der Waals surface area contributed by atoms with Crippen molar-refractivity contribution >= 4 is 0 Å². The molecular weight excluding hydrogens is 350 g/mol. The van der Waals surface area contributed by atoms with E-state index in [-0.39, 0.29) is 11.2 Å². The van der Waals surface area contributed by atoms with E-state index < -0.39 is 6.04 Å². The third kappa shape index (κ3) is 3.20. The summed E-state index contributed by atoms with van der Waals surface area (Å²) >= 11 is 0.